The number of nitrogens with zero attached hydrogens (tertiary/aromatic N) is 2. The Hall–Kier alpha value is -3.41. The Morgan fingerprint density at radius 3 is 2.90 bits per heavy atom. The fraction of sp³-hybridized carbons (Fsp3) is 0.280. The summed E-state index contributed by atoms with van der Waals surface area (Å²) < 4.78 is 19.1. The van der Waals surface area contributed by atoms with Crippen LogP contribution >= 0.6 is 0 Å². The van der Waals surface area contributed by atoms with Crippen molar-refractivity contribution in [3.05, 3.63) is 83.4 Å². The molecule has 0 saturated heterocycles. The van der Waals surface area contributed by atoms with E-state index in [-0.39, 0.29) is 11.8 Å². The smallest absolute Gasteiger partial charge is 0.340 e. The van der Waals surface area contributed by atoms with Crippen molar-refractivity contribution >= 4 is 23.0 Å². The maximum Gasteiger partial charge on any atom is 0.340 e. The second-order valence-corrected chi connectivity index (χ2v) is 7.78. The Morgan fingerprint density at radius 1 is 1.26 bits per heavy atom. The fourth-order valence-corrected chi connectivity index (χ4v) is 4.24. The molecule has 3 aromatic rings. The van der Waals surface area contributed by atoms with Gasteiger partial charge in [0.15, 0.2) is 0 Å². The first kappa shape index (κ1) is 20.8. The first-order chi connectivity index (χ1) is 15.1. The molecule has 0 bridgehead atoms. The molecule has 6 heteroatoms. The molecule has 0 radical (unpaired) electrons. The molecule has 1 aliphatic carbocycles. The normalized spacial score (nSPS) is 15.1. The largest absolute Gasteiger partial charge is 0.465 e. The number of para-hydroxylation sites is 1. The minimum absolute atomic E-state index is 0.234. The highest BCUT2D eigenvalue weighted by Crippen LogP contribution is 2.36. The maximum absolute atomic E-state index is 14.2. The highest BCUT2D eigenvalue weighted by atomic mass is 19.1. The second kappa shape index (κ2) is 9.16. The van der Waals surface area contributed by atoms with Crippen molar-refractivity contribution in [1.29, 1.82) is 0 Å². The number of aryl methyl sites for hydroxylation is 1. The van der Waals surface area contributed by atoms with E-state index in [1.807, 2.05) is 24.1 Å². The minimum atomic E-state index is -0.380. The minimum Gasteiger partial charge on any atom is -0.465 e. The van der Waals surface area contributed by atoms with Gasteiger partial charge in [-0.3, -0.25) is 4.98 Å². The summed E-state index contributed by atoms with van der Waals surface area (Å²) in [6.45, 7) is 0.700. The van der Waals surface area contributed by atoms with Gasteiger partial charge in [-0.1, -0.05) is 18.2 Å². The van der Waals surface area contributed by atoms with Crippen molar-refractivity contribution < 1.29 is 13.9 Å². The SMILES string of the molecule is COC(=O)c1ccncc1NC[C@@H]1CCCc2cc(N(C)c3ccccc3F)ccc21. The number of ether oxygens (including phenoxy) is 1. The molecule has 0 amide bonds. The number of halogens is 1. The number of nitrogens with one attached hydrogen (secondary N) is 1. The van der Waals surface area contributed by atoms with Crippen LogP contribution in [0.4, 0.5) is 21.5 Å². The topological polar surface area (TPSA) is 54.5 Å². The molecule has 160 valence electrons. The summed E-state index contributed by atoms with van der Waals surface area (Å²) in [7, 11) is 3.26. The van der Waals surface area contributed by atoms with E-state index in [1.165, 1.54) is 24.3 Å². The van der Waals surface area contributed by atoms with Crippen LogP contribution in [0.25, 0.3) is 0 Å². The molecule has 4 rings (SSSR count). The molecular weight excluding hydrogens is 393 g/mol. The lowest BCUT2D eigenvalue weighted by atomic mass is 9.82. The van der Waals surface area contributed by atoms with Gasteiger partial charge in [0.25, 0.3) is 0 Å². The zero-order valence-electron chi connectivity index (χ0n) is 17.8. The summed E-state index contributed by atoms with van der Waals surface area (Å²) in [5, 5.41) is 3.39. The maximum atomic E-state index is 14.2. The van der Waals surface area contributed by atoms with Crippen molar-refractivity contribution in [2.75, 3.05) is 30.9 Å². The van der Waals surface area contributed by atoms with Gasteiger partial charge in [0.05, 0.1) is 30.2 Å². The lowest BCUT2D eigenvalue weighted by molar-refractivity contribution is 0.0601. The first-order valence-electron chi connectivity index (χ1n) is 10.5. The summed E-state index contributed by atoms with van der Waals surface area (Å²) in [5.41, 5.74) is 5.28. The average Bonchev–Trinajstić information content (AvgIpc) is 2.82. The number of anilines is 3. The van der Waals surface area contributed by atoms with Crippen LogP contribution in [0.1, 0.15) is 40.2 Å². The quantitative estimate of drug-likeness (QED) is 0.549. The van der Waals surface area contributed by atoms with Gasteiger partial charge in [0.1, 0.15) is 5.82 Å². The molecule has 0 spiro atoms. The summed E-state index contributed by atoms with van der Waals surface area (Å²) in [5.74, 6) is -0.292. The number of carbonyl (C=O) groups is 1. The van der Waals surface area contributed by atoms with Crippen LogP contribution in [-0.4, -0.2) is 31.7 Å². The van der Waals surface area contributed by atoms with Crippen molar-refractivity contribution in [3.8, 4) is 0 Å². The molecule has 5 nitrogen and oxygen atoms in total. The molecule has 1 aromatic heterocycles. The van der Waals surface area contributed by atoms with Crippen LogP contribution in [0.3, 0.4) is 0 Å². The van der Waals surface area contributed by atoms with Crippen LogP contribution in [0.2, 0.25) is 0 Å². The predicted molar refractivity (Wildman–Crippen MR) is 121 cm³/mol. The van der Waals surface area contributed by atoms with Gasteiger partial charge in [-0.15, -0.1) is 0 Å². The van der Waals surface area contributed by atoms with Crippen LogP contribution in [0.15, 0.2) is 60.9 Å². The Labute approximate surface area is 181 Å². The van der Waals surface area contributed by atoms with E-state index in [1.54, 1.807) is 30.6 Å². The molecule has 1 N–H and O–H groups in total. The third-order valence-electron chi connectivity index (χ3n) is 5.93. The second-order valence-electron chi connectivity index (χ2n) is 7.78. The van der Waals surface area contributed by atoms with E-state index in [4.69, 9.17) is 4.74 Å². The number of pyridine rings is 1. The van der Waals surface area contributed by atoms with Gasteiger partial charge in [0, 0.05) is 31.4 Å². The number of benzene rings is 2. The molecule has 31 heavy (non-hydrogen) atoms. The predicted octanol–water partition coefficient (Wildman–Crippen LogP) is 5.31. The molecule has 1 heterocycles. The van der Waals surface area contributed by atoms with Gasteiger partial charge >= 0.3 is 5.97 Å². The zero-order valence-corrected chi connectivity index (χ0v) is 17.8. The third kappa shape index (κ3) is 4.38. The standard InChI is InChI=1S/C25H26FN3O2/c1-29(24-9-4-3-8-22(24)26)19-10-11-20-17(14-19)6-5-7-18(20)15-28-23-16-27-13-12-21(23)25(30)31-2/h3-4,8-14,16,18,28H,5-7,15H2,1-2H3/t18-/m0/s1. The van der Waals surface area contributed by atoms with Crippen molar-refractivity contribution in [2.24, 2.45) is 0 Å². The fourth-order valence-electron chi connectivity index (χ4n) is 4.24. The highest BCUT2D eigenvalue weighted by Gasteiger charge is 2.22. The zero-order chi connectivity index (χ0) is 21.8. The number of aromatic nitrogens is 1. The Balaban J connectivity index is 1.53. The molecule has 0 saturated carbocycles. The van der Waals surface area contributed by atoms with Gasteiger partial charge in [-0.2, -0.15) is 0 Å². The van der Waals surface area contributed by atoms with Gasteiger partial charge in [0.2, 0.25) is 0 Å². The number of fused-ring (bicyclic) bond motifs is 1. The molecular formula is C25H26FN3O2. The monoisotopic (exact) mass is 419 g/mol. The number of esters is 1. The van der Waals surface area contributed by atoms with Crippen molar-refractivity contribution in [3.63, 3.8) is 0 Å². The number of carbonyl (C=O) groups excluding carboxylic acids is 1. The Bertz CT molecular complexity index is 1090. The number of rotatable bonds is 6. The van der Waals surface area contributed by atoms with Crippen molar-refractivity contribution in [1.82, 2.24) is 4.98 Å². The summed E-state index contributed by atoms with van der Waals surface area (Å²) in [6, 6.07) is 14.8. The van der Waals surface area contributed by atoms with E-state index < -0.39 is 0 Å². The van der Waals surface area contributed by atoms with E-state index in [2.05, 4.69) is 22.4 Å². The summed E-state index contributed by atoms with van der Waals surface area (Å²) >= 11 is 0. The van der Waals surface area contributed by atoms with E-state index in [9.17, 15) is 9.18 Å². The molecule has 2 aromatic carbocycles. The number of hydrogen-bond acceptors (Lipinski definition) is 5. The molecule has 0 fully saturated rings. The Kier molecular flexibility index (Phi) is 6.16. The Morgan fingerprint density at radius 2 is 2.10 bits per heavy atom. The molecule has 0 aliphatic heterocycles. The van der Waals surface area contributed by atoms with Crippen LogP contribution < -0.4 is 10.2 Å². The number of hydrogen-bond donors (Lipinski definition) is 1. The van der Waals surface area contributed by atoms with Crippen LogP contribution in [0.5, 0.6) is 0 Å². The van der Waals surface area contributed by atoms with E-state index in [0.29, 0.717) is 29.4 Å². The first-order valence-corrected chi connectivity index (χ1v) is 10.5. The van der Waals surface area contributed by atoms with E-state index >= 15 is 0 Å². The lowest BCUT2D eigenvalue weighted by Crippen LogP contribution is -2.20. The summed E-state index contributed by atoms with van der Waals surface area (Å²) in [4.78, 5) is 18.0. The third-order valence-corrected chi connectivity index (χ3v) is 5.93. The van der Waals surface area contributed by atoms with Gasteiger partial charge < -0.3 is 15.0 Å². The van der Waals surface area contributed by atoms with Crippen LogP contribution in [-0.2, 0) is 11.2 Å². The molecule has 0 unspecified atom stereocenters. The number of methoxy groups -OCH3 is 1. The van der Waals surface area contributed by atoms with Crippen LogP contribution in [0, 0.1) is 5.82 Å². The van der Waals surface area contributed by atoms with E-state index in [0.717, 1.165) is 24.9 Å². The molecule has 1 atom stereocenters. The molecule has 1 aliphatic rings. The average molecular weight is 420 g/mol. The van der Waals surface area contributed by atoms with Gasteiger partial charge in [-0.05, 0) is 60.7 Å². The lowest BCUT2D eigenvalue weighted by Gasteiger charge is -2.28. The summed E-state index contributed by atoms with van der Waals surface area (Å²) in [6.07, 6.45) is 6.40. The van der Waals surface area contributed by atoms with Gasteiger partial charge in [-0.25, -0.2) is 9.18 Å². The highest BCUT2D eigenvalue weighted by molar-refractivity contribution is 5.95. The van der Waals surface area contributed by atoms with Crippen molar-refractivity contribution in [2.45, 2.75) is 25.2 Å².